The van der Waals surface area contributed by atoms with Crippen LogP contribution in [0.25, 0.3) is 27.7 Å². The Labute approximate surface area is 242 Å². The van der Waals surface area contributed by atoms with Crippen molar-refractivity contribution in [2.75, 3.05) is 13.1 Å². The Morgan fingerprint density at radius 1 is 0.789 bits per heavy atom. The molecule has 0 saturated heterocycles. The number of quaternary nitrogens is 2. The third-order valence-corrected chi connectivity index (χ3v) is 7.64. The first kappa shape index (κ1) is 29.8. The predicted octanol–water partition coefficient (Wildman–Crippen LogP) is -0.315. The molecule has 0 saturated carbocycles. The molecular formula is C32H34Cl3N3. The van der Waals surface area contributed by atoms with Crippen LogP contribution in [0.4, 0.5) is 0 Å². The highest BCUT2D eigenvalue weighted by atomic mass is 35.5. The highest BCUT2D eigenvalue weighted by Gasteiger charge is 2.29. The molecule has 0 radical (unpaired) electrons. The first-order valence-corrected chi connectivity index (χ1v) is 13.1. The standard InChI is InChI=1S/C32H32ClN3.2ClH/c1-36-28-14-8-6-12-26(28)30(31(36)24-9-3-2-4-10-24)29(25-11-5-7-13-27(25)33)23-15-17-32(18-16-23,19-21-34)20-22-35;;/h2-18H,19-22,34-35H2,1H3;2*1H. The Hall–Kier alpha value is -2.79. The van der Waals surface area contributed by atoms with E-state index in [0.717, 1.165) is 42.1 Å². The van der Waals surface area contributed by atoms with Crippen molar-refractivity contribution in [1.82, 2.24) is 4.57 Å². The van der Waals surface area contributed by atoms with Gasteiger partial charge in [-0.15, -0.1) is 0 Å². The highest BCUT2D eigenvalue weighted by molar-refractivity contribution is 6.33. The van der Waals surface area contributed by atoms with Crippen molar-refractivity contribution in [3.63, 3.8) is 0 Å². The zero-order valence-electron chi connectivity index (χ0n) is 21.6. The minimum atomic E-state index is 0. The van der Waals surface area contributed by atoms with E-state index in [2.05, 4.69) is 114 Å². The van der Waals surface area contributed by atoms with Gasteiger partial charge in [-0.05, 0) is 23.3 Å². The molecule has 3 nitrogen and oxygen atoms in total. The maximum absolute atomic E-state index is 6.89. The molecule has 0 atom stereocenters. The molecule has 1 aliphatic rings. The van der Waals surface area contributed by atoms with Gasteiger partial charge in [0.1, 0.15) is 0 Å². The van der Waals surface area contributed by atoms with Crippen LogP contribution < -0.4 is 36.3 Å². The van der Waals surface area contributed by atoms with Crippen molar-refractivity contribution in [1.29, 1.82) is 0 Å². The lowest BCUT2D eigenvalue weighted by atomic mass is 9.76. The van der Waals surface area contributed by atoms with E-state index in [1.807, 2.05) is 12.1 Å². The van der Waals surface area contributed by atoms with Gasteiger partial charge in [-0.1, -0.05) is 103 Å². The largest absolute Gasteiger partial charge is 1.00 e. The third-order valence-electron chi connectivity index (χ3n) is 7.31. The number of hydrogen-bond acceptors (Lipinski definition) is 0. The van der Waals surface area contributed by atoms with Crippen LogP contribution >= 0.6 is 11.6 Å². The zero-order chi connectivity index (χ0) is 25.1. The van der Waals surface area contributed by atoms with Crippen LogP contribution in [0.2, 0.25) is 5.02 Å². The topological polar surface area (TPSA) is 60.2 Å². The van der Waals surface area contributed by atoms with Crippen LogP contribution in [0.1, 0.15) is 24.0 Å². The summed E-state index contributed by atoms with van der Waals surface area (Å²) < 4.78 is 2.31. The highest BCUT2D eigenvalue weighted by Crippen LogP contribution is 2.45. The SMILES string of the molecule is Cn1c(-c2ccccc2)c(C(=C2C=CC(CC[NH3+])(CC[NH3+])C=C2)c2ccccc2Cl)c2ccccc21.[Cl-].[Cl-]. The van der Waals surface area contributed by atoms with Crippen LogP contribution in [-0.2, 0) is 7.05 Å². The molecule has 5 rings (SSSR count). The number of allylic oxidation sites excluding steroid dienone is 5. The van der Waals surface area contributed by atoms with Crippen LogP contribution in [0.5, 0.6) is 0 Å². The number of nitrogens with zero attached hydrogens (tertiary/aromatic N) is 1. The third kappa shape index (κ3) is 5.49. The lowest BCUT2D eigenvalue weighted by Gasteiger charge is -2.28. The van der Waals surface area contributed by atoms with Gasteiger partial charge in [-0.25, -0.2) is 0 Å². The van der Waals surface area contributed by atoms with Crippen molar-refractivity contribution in [3.05, 3.63) is 125 Å². The van der Waals surface area contributed by atoms with Crippen LogP contribution in [0, 0.1) is 5.41 Å². The second-order valence-electron chi connectivity index (χ2n) is 9.58. The molecule has 198 valence electrons. The summed E-state index contributed by atoms with van der Waals surface area (Å²) in [7, 11) is 2.16. The Kier molecular flexibility index (Phi) is 10.1. The van der Waals surface area contributed by atoms with Crippen LogP contribution in [0.15, 0.2) is 109 Å². The molecule has 0 amide bonds. The minimum Gasteiger partial charge on any atom is -1.00 e. The van der Waals surface area contributed by atoms with E-state index in [4.69, 9.17) is 11.6 Å². The van der Waals surface area contributed by atoms with Crippen molar-refractivity contribution in [2.45, 2.75) is 12.8 Å². The Balaban J connectivity index is 0.00000200. The van der Waals surface area contributed by atoms with Crippen molar-refractivity contribution >= 4 is 28.1 Å². The second kappa shape index (κ2) is 12.8. The monoisotopic (exact) mass is 565 g/mol. The smallest absolute Gasteiger partial charge is 0.0751 e. The molecule has 0 bridgehead atoms. The first-order valence-electron chi connectivity index (χ1n) is 12.7. The number of hydrogen-bond donors (Lipinski definition) is 2. The van der Waals surface area contributed by atoms with Gasteiger partial charge in [0.05, 0.1) is 18.8 Å². The quantitative estimate of drug-likeness (QED) is 0.308. The molecule has 0 spiro atoms. The number of halogens is 3. The molecule has 0 fully saturated rings. The molecule has 0 aliphatic heterocycles. The number of aryl methyl sites for hydroxylation is 1. The van der Waals surface area contributed by atoms with Crippen molar-refractivity contribution < 1.29 is 36.3 Å². The minimum absolute atomic E-state index is 0. The van der Waals surface area contributed by atoms with Gasteiger partial charge >= 0.3 is 0 Å². The van der Waals surface area contributed by atoms with Crippen LogP contribution in [0.3, 0.4) is 0 Å². The van der Waals surface area contributed by atoms with Gasteiger partial charge in [-0.3, -0.25) is 0 Å². The number of aromatic nitrogens is 1. The summed E-state index contributed by atoms with van der Waals surface area (Å²) in [6.07, 6.45) is 11.4. The van der Waals surface area contributed by atoms with Gasteiger partial charge in [0.15, 0.2) is 0 Å². The van der Waals surface area contributed by atoms with Crippen molar-refractivity contribution in [2.24, 2.45) is 12.5 Å². The molecule has 1 aliphatic carbocycles. The molecule has 38 heavy (non-hydrogen) atoms. The molecule has 3 aromatic carbocycles. The van der Waals surface area contributed by atoms with E-state index >= 15 is 0 Å². The van der Waals surface area contributed by atoms with E-state index in [-0.39, 0.29) is 30.2 Å². The molecular weight excluding hydrogens is 533 g/mol. The summed E-state index contributed by atoms with van der Waals surface area (Å²) in [6, 6.07) is 27.5. The molecule has 4 aromatic rings. The summed E-state index contributed by atoms with van der Waals surface area (Å²) >= 11 is 6.89. The van der Waals surface area contributed by atoms with Crippen LogP contribution in [-0.4, -0.2) is 17.7 Å². The summed E-state index contributed by atoms with van der Waals surface area (Å²) in [5.74, 6) is 0. The molecule has 1 aromatic heterocycles. The maximum Gasteiger partial charge on any atom is 0.0751 e. The number of fused-ring (bicyclic) bond motifs is 1. The lowest BCUT2D eigenvalue weighted by molar-refractivity contribution is -0.379. The fourth-order valence-electron chi connectivity index (χ4n) is 5.58. The lowest BCUT2D eigenvalue weighted by Crippen LogP contribution is -3.00. The van der Waals surface area contributed by atoms with Gasteiger partial charge in [0.2, 0.25) is 0 Å². The second-order valence-corrected chi connectivity index (χ2v) is 9.99. The van der Waals surface area contributed by atoms with E-state index in [9.17, 15) is 0 Å². The fraction of sp³-hybridized carbons (Fsp3) is 0.188. The number of benzene rings is 3. The summed E-state index contributed by atoms with van der Waals surface area (Å²) in [6.45, 7) is 1.79. The van der Waals surface area contributed by atoms with Gasteiger partial charge in [0, 0.05) is 57.9 Å². The molecule has 6 N–H and O–H groups in total. The summed E-state index contributed by atoms with van der Waals surface area (Å²) in [4.78, 5) is 0. The summed E-state index contributed by atoms with van der Waals surface area (Å²) in [5.41, 5.74) is 16.4. The molecule has 1 heterocycles. The average molecular weight is 567 g/mol. The first-order chi connectivity index (χ1) is 17.6. The van der Waals surface area contributed by atoms with E-state index < -0.39 is 0 Å². The van der Waals surface area contributed by atoms with Gasteiger partial charge in [-0.2, -0.15) is 0 Å². The zero-order valence-corrected chi connectivity index (χ0v) is 23.9. The number of para-hydroxylation sites is 1. The number of rotatable bonds is 7. The predicted molar refractivity (Wildman–Crippen MR) is 151 cm³/mol. The molecule has 0 unspecified atom stereocenters. The van der Waals surface area contributed by atoms with Gasteiger partial charge < -0.3 is 40.8 Å². The van der Waals surface area contributed by atoms with Gasteiger partial charge in [0.25, 0.3) is 0 Å². The molecule has 6 heteroatoms. The van der Waals surface area contributed by atoms with E-state index in [0.29, 0.717) is 0 Å². The van der Waals surface area contributed by atoms with E-state index in [1.54, 1.807) is 0 Å². The fourth-order valence-corrected chi connectivity index (χ4v) is 5.81. The Bertz CT molecular complexity index is 1460. The Morgan fingerprint density at radius 2 is 1.37 bits per heavy atom. The maximum atomic E-state index is 6.89. The van der Waals surface area contributed by atoms with E-state index in [1.165, 1.54) is 33.3 Å². The summed E-state index contributed by atoms with van der Waals surface area (Å²) in [5, 5.41) is 1.97. The van der Waals surface area contributed by atoms with Crippen molar-refractivity contribution in [3.8, 4) is 11.3 Å². The Morgan fingerprint density at radius 3 is 2.00 bits per heavy atom. The average Bonchev–Trinajstić information content (AvgIpc) is 3.19. The normalized spacial score (nSPS) is 13.7.